The summed E-state index contributed by atoms with van der Waals surface area (Å²) in [6.07, 6.45) is 2.54. The van der Waals surface area contributed by atoms with Crippen molar-refractivity contribution in [2.45, 2.75) is 25.8 Å². The normalized spacial score (nSPS) is 17.6. The number of carboxylic acids is 1. The molecular weight excluding hydrogens is 258 g/mol. The molecule has 106 valence electrons. The average molecular weight is 275 g/mol. The Morgan fingerprint density at radius 2 is 2.05 bits per heavy atom. The minimum atomic E-state index is -0.925. The zero-order chi connectivity index (χ0) is 14.3. The monoisotopic (exact) mass is 275 g/mol. The van der Waals surface area contributed by atoms with Gasteiger partial charge in [-0.2, -0.15) is 0 Å². The molecule has 1 N–H and O–H groups in total. The molecule has 1 saturated carbocycles. The van der Waals surface area contributed by atoms with Crippen molar-refractivity contribution < 1.29 is 19.4 Å². The van der Waals surface area contributed by atoms with E-state index in [1.54, 1.807) is 19.2 Å². The second-order valence-electron chi connectivity index (χ2n) is 5.36. The first-order valence-electron chi connectivity index (χ1n) is 6.82. The quantitative estimate of drug-likeness (QED) is 0.911. The summed E-state index contributed by atoms with van der Waals surface area (Å²) in [7, 11) is 1.57. The van der Waals surface area contributed by atoms with Crippen LogP contribution < -0.4 is 4.74 Å². The van der Waals surface area contributed by atoms with Crippen LogP contribution in [0.15, 0.2) is 12.1 Å². The lowest BCUT2D eigenvalue weighted by atomic mass is 9.93. The zero-order valence-corrected chi connectivity index (χ0v) is 11.4. The van der Waals surface area contributed by atoms with Gasteiger partial charge in [-0.3, -0.25) is 4.79 Å². The van der Waals surface area contributed by atoms with E-state index in [0.717, 1.165) is 24.0 Å². The smallest absolute Gasteiger partial charge is 0.335 e. The maximum Gasteiger partial charge on any atom is 0.335 e. The molecule has 0 spiro atoms. The van der Waals surface area contributed by atoms with E-state index < -0.39 is 5.97 Å². The lowest BCUT2D eigenvalue weighted by Crippen LogP contribution is -2.37. The highest BCUT2D eigenvalue weighted by Gasteiger charge is 2.35. The van der Waals surface area contributed by atoms with Crippen molar-refractivity contribution in [3.8, 4) is 5.75 Å². The van der Waals surface area contributed by atoms with Gasteiger partial charge in [0.25, 0.3) is 0 Å². The molecule has 0 unspecified atom stereocenters. The Morgan fingerprint density at radius 3 is 2.65 bits per heavy atom. The van der Waals surface area contributed by atoms with Gasteiger partial charge >= 0.3 is 5.97 Å². The maximum atomic E-state index is 12.2. The van der Waals surface area contributed by atoms with E-state index in [-0.39, 0.29) is 11.8 Å². The van der Waals surface area contributed by atoms with E-state index >= 15 is 0 Å². The number of carbonyl (C=O) groups excluding carboxylic acids is 1. The first-order chi connectivity index (χ1) is 9.61. The number of aromatic carboxylic acids is 1. The third-order valence-electron chi connectivity index (χ3n) is 4.06. The average Bonchev–Trinajstić information content (AvgIpc) is 3.29. The van der Waals surface area contributed by atoms with E-state index in [9.17, 15) is 14.7 Å². The maximum absolute atomic E-state index is 12.2. The van der Waals surface area contributed by atoms with Gasteiger partial charge in [-0.1, -0.05) is 0 Å². The number of hydrogen-bond donors (Lipinski definition) is 1. The molecule has 1 heterocycles. The van der Waals surface area contributed by atoms with Gasteiger partial charge in [-0.05, 0) is 37.0 Å². The lowest BCUT2D eigenvalue weighted by Gasteiger charge is -2.31. The standard InChI is InChI=1S/C15H17NO4/c1-20-13-5-4-11(15(18)19)10-6-7-16(8-12(10)13)14(17)9-2-3-9/h4-5,9H,2-3,6-8H2,1H3,(H,18,19). The van der Waals surface area contributed by atoms with Gasteiger partial charge in [0.05, 0.1) is 12.7 Å². The van der Waals surface area contributed by atoms with Crippen LogP contribution >= 0.6 is 0 Å². The van der Waals surface area contributed by atoms with E-state index in [0.29, 0.717) is 30.8 Å². The summed E-state index contributed by atoms with van der Waals surface area (Å²) in [4.78, 5) is 25.3. The van der Waals surface area contributed by atoms with Crippen LogP contribution in [0.3, 0.4) is 0 Å². The molecule has 0 atom stereocenters. The molecule has 3 rings (SSSR count). The SMILES string of the molecule is COc1ccc(C(=O)O)c2c1CN(C(=O)C1CC1)CC2. The van der Waals surface area contributed by atoms with Gasteiger partial charge in [-0.15, -0.1) is 0 Å². The van der Waals surface area contributed by atoms with Gasteiger partial charge in [0.2, 0.25) is 5.91 Å². The fourth-order valence-electron chi connectivity index (χ4n) is 2.82. The van der Waals surface area contributed by atoms with Gasteiger partial charge in [0, 0.05) is 24.6 Å². The Morgan fingerprint density at radius 1 is 1.30 bits per heavy atom. The number of rotatable bonds is 3. The van der Waals surface area contributed by atoms with Crippen LogP contribution in [0.1, 0.15) is 34.3 Å². The van der Waals surface area contributed by atoms with Crippen molar-refractivity contribution in [1.29, 1.82) is 0 Å². The van der Waals surface area contributed by atoms with Crippen molar-refractivity contribution in [2.75, 3.05) is 13.7 Å². The molecule has 5 nitrogen and oxygen atoms in total. The number of ether oxygens (including phenoxy) is 1. The van der Waals surface area contributed by atoms with Crippen LogP contribution in [-0.2, 0) is 17.8 Å². The summed E-state index contributed by atoms with van der Waals surface area (Å²) in [5, 5.41) is 9.26. The second kappa shape index (κ2) is 4.81. The Hall–Kier alpha value is -2.04. The Balaban J connectivity index is 1.96. The summed E-state index contributed by atoms with van der Waals surface area (Å²) in [5.74, 6) is 0.118. The summed E-state index contributed by atoms with van der Waals surface area (Å²) in [6.45, 7) is 1.05. The number of fused-ring (bicyclic) bond motifs is 1. The fourth-order valence-corrected chi connectivity index (χ4v) is 2.82. The van der Waals surface area contributed by atoms with Crippen LogP contribution in [0, 0.1) is 5.92 Å². The molecule has 1 aliphatic heterocycles. The molecule has 0 radical (unpaired) electrons. The largest absolute Gasteiger partial charge is 0.496 e. The molecule has 1 aliphatic carbocycles. The van der Waals surface area contributed by atoms with E-state index in [1.807, 2.05) is 4.90 Å². The number of nitrogens with zero attached hydrogens (tertiary/aromatic N) is 1. The van der Waals surface area contributed by atoms with Crippen LogP contribution in [0.25, 0.3) is 0 Å². The highest BCUT2D eigenvalue weighted by Crippen LogP contribution is 2.35. The number of hydrogen-bond acceptors (Lipinski definition) is 3. The Kier molecular flexibility index (Phi) is 3.12. The second-order valence-corrected chi connectivity index (χ2v) is 5.36. The molecule has 0 saturated heterocycles. The van der Waals surface area contributed by atoms with Crippen LogP contribution in [0.4, 0.5) is 0 Å². The van der Waals surface area contributed by atoms with E-state index in [4.69, 9.17) is 4.74 Å². The highest BCUT2D eigenvalue weighted by molar-refractivity contribution is 5.90. The first kappa shape index (κ1) is 13.0. The van der Waals surface area contributed by atoms with Crippen molar-refractivity contribution in [1.82, 2.24) is 4.90 Å². The topological polar surface area (TPSA) is 66.8 Å². The van der Waals surface area contributed by atoms with Gasteiger partial charge in [0.15, 0.2) is 0 Å². The zero-order valence-electron chi connectivity index (χ0n) is 11.4. The van der Waals surface area contributed by atoms with Crippen molar-refractivity contribution in [2.24, 2.45) is 5.92 Å². The Labute approximate surface area is 117 Å². The number of carboxylic acid groups (broad SMARTS) is 1. The third-order valence-corrected chi connectivity index (χ3v) is 4.06. The van der Waals surface area contributed by atoms with Crippen LogP contribution in [-0.4, -0.2) is 35.5 Å². The van der Waals surface area contributed by atoms with Crippen molar-refractivity contribution >= 4 is 11.9 Å². The van der Waals surface area contributed by atoms with Crippen molar-refractivity contribution in [3.05, 3.63) is 28.8 Å². The van der Waals surface area contributed by atoms with Gasteiger partial charge < -0.3 is 14.7 Å². The predicted octanol–water partition coefficient (Wildman–Crippen LogP) is 1.69. The molecule has 1 aromatic carbocycles. The molecule has 5 heteroatoms. The van der Waals surface area contributed by atoms with Crippen molar-refractivity contribution in [3.63, 3.8) is 0 Å². The first-order valence-corrected chi connectivity index (χ1v) is 6.82. The molecule has 1 fully saturated rings. The molecule has 20 heavy (non-hydrogen) atoms. The van der Waals surface area contributed by atoms with Gasteiger partial charge in [0.1, 0.15) is 5.75 Å². The lowest BCUT2D eigenvalue weighted by molar-refractivity contribution is -0.133. The van der Waals surface area contributed by atoms with E-state index in [2.05, 4.69) is 0 Å². The third kappa shape index (κ3) is 2.13. The predicted molar refractivity (Wildman–Crippen MR) is 71.8 cm³/mol. The summed E-state index contributed by atoms with van der Waals surface area (Å²) >= 11 is 0. The molecule has 2 aliphatic rings. The Bertz CT molecular complexity index is 577. The fraction of sp³-hybridized carbons (Fsp3) is 0.467. The van der Waals surface area contributed by atoms with Crippen LogP contribution in [0.2, 0.25) is 0 Å². The van der Waals surface area contributed by atoms with E-state index in [1.165, 1.54) is 0 Å². The number of amides is 1. The minimum Gasteiger partial charge on any atom is -0.496 e. The molecule has 1 amide bonds. The number of carbonyl (C=O) groups is 2. The summed E-state index contributed by atoms with van der Waals surface area (Å²) < 4.78 is 5.32. The molecule has 0 bridgehead atoms. The number of methoxy groups -OCH3 is 1. The molecule has 0 aromatic heterocycles. The summed E-state index contributed by atoms with van der Waals surface area (Å²) in [5.41, 5.74) is 1.96. The molecular formula is C15H17NO4. The van der Waals surface area contributed by atoms with Gasteiger partial charge in [-0.25, -0.2) is 4.79 Å². The minimum absolute atomic E-state index is 0.185. The van der Waals surface area contributed by atoms with Crippen LogP contribution in [0.5, 0.6) is 5.75 Å². The summed E-state index contributed by atoms with van der Waals surface area (Å²) in [6, 6.07) is 3.26. The molecule has 1 aromatic rings. The number of benzene rings is 1. The highest BCUT2D eigenvalue weighted by atomic mass is 16.5.